The number of amides is 1. The second kappa shape index (κ2) is 9.73. The van der Waals surface area contributed by atoms with Gasteiger partial charge in [0.2, 0.25) is 5.91 Å². The molecule has 7 nitrogen and oxygen atoms in total. The molecule has 0 bridgehead atoms. The van der Waals surface area contributed by atoms with Gasteiger partial charge >= 0.3 is 11.9 Å². The van der Waals surface area contributed by atoms with Crippen LogP contribution < -0.4 is 10.2 Å². The second-order valence-corrected chi connectivity index (χ2v) is 6.56. The fraction of sp³-hybridized carbons (Fsp3) is 0.318. The number of benzene rings is 1. The average molecular weight is 398 g/mol. The highest BCUT2D eigenvalue weighted by molar-refractivity contribution is 6.06. The van der Waals surface area contributed by atoms with E-state index in [4.69, 9.17) is 9.47 Å². The summed E-state index contributed by atoms with van der Waals surface area (Å²) in [5.41, 5.74) is 2.08. The summed E-state index contributed by atoms with van der Waals surface area (Å²) in [5, 5.41) is 2.93. The zero-order valence-corrected chi connectivity index (χ0v) is 17.3. The number of nitrogens with zero attached hydrogens (tertiary/aromatic N) is 1. The Morgan fingerprint density at radius 2 is 1.79 bits per heavy atom. The number of ether oxygens (including phenoxy) is 2. The van der Waals surface area contributed by atoms with Crippen molar-refractivity contribution < 1.29 is 23.9 Å². The first-order chi connectivity index (χ1) is 13.8. The zero-order valence-electron chi connectivity index (χ0n) is 17.3. The third kappa shape index (κ3) is 4.74. The molecule has 1 N–H and O–H groups in total. The van der Waals surface area contributed by atoms with Crippen molar-refractivity contribution in [2.24, 2.45) is 5.92 Å². The number of anilines is 2. The number of allylic oxidation sites excluding steroid dienone is 2. The second-order valence-electron chi connectivity index (χ2n) is 6.56. The van der Waals surface area contributed by atoms with Gasteiger partial charge in [-0.05, 0) is 43.2 Å². The monoisotopic (exact) mass is 398 g/mol. The Morgan fingerprint density at radius 1 is 1.10 bits per heavy atom. The molecular formula is C22H26N2O5. The Morgan fingerprint density at radius 3 is 2.41 bits per heavy atom. The minimum atomic E-state index is -0.685. The smallest absolute Gasteiger partial charge is 0.355 e. The highest BCUT2D eigenvalue weighted by atomic mass is 16.5. The van der Waals surface area contributed by atoms with E-state index in [1.165, 1.54) is 20.3 Å². The largest absolute Gasteiger partial charge is 0.465 e. The molecule has 1 unspecified atom stereocenters. The van der Waals surface area contributed by atoms with Crippen LogP contribution in [-0.4, -0.2) is 32.1 Å². The van der Waals surface area contributed by atoms with Crippen LogP contribution in [0.3, 0.4) is 0 Å². The van der Waals surface area contributed by atoms with Crippen molar-refractivity contribution in [3.05, 3.63) is 59.5 Å². The lowest BCUT2D eigenvalue weighted by Crippen LogP contribution is -2.28. The highest BCUT2D eigenvalue weighted by Crippen LogP contribution is 2.32. The minimum absolute atomic E-state index is 0.0258. The van der Waals surface area contributed by atoms with Crippen LogP contribution in [0.5, 0.6) is 0 Å². The van der Waals surface area contributed by atoms with Gasteiger partial charge in [0.1, 0.15) is 5.70 Å². The molecule has 154 valence electrons. The summed E-state index contributed by atoms with van der Waals surface area (Å²) in [6, 6.07) is 5.36. The van der Waals surface area contributed by atoms with E-state index < -0.39 is 11.9 Å². The van der Waals surface area contributed by atoms with E-state index in [1.807, 2.05) is 20.8 Å². The van der Waals surface area contributed by atoms with Gasteiger partial charge in [0.25, 0.3) is 0 Å². The van der Waals surface area contributed by atoms with Crippen molar-refractivity contribution in [1.29, 1.82) is 0 Å². The normalized spacial score (nSPS) is 14.3. The molecule has 29 heavy (non-hydrogen) atoms. The predicted molar refractivity (Wildman–Crippen MR) is 111 cm³/mol. The fourth-order valence-electron chi connectivity index (χ4n) is 2.81. The molecule has 0 radical (unpaired) electrons. The van der Waals surface area contributed by atoms with E-state index in [0.29, 0.717) is 11.4 Å². The molecule has 1 aliphatic rings. The first-order valence-corrected chi connectivity index (χ1v) is 9.31. The van der Waals surface area contributed by atoms with Crippen molar-refractivity contribution in [2.75, 3.05) is 24.4 Å². The number of hydrogen-bond donors (Lipinski definition) is 1. The van der Waals surface area contributed by atoms with Crippen LogP contribution in [0.1, 0.15) is 25.8 Å². The van der Waals surface area contributed by atoms with Crippen molar-refractivity contribution in [3.63, 3.8) is 0 Å². The van der Waals surface area contributed by atoms with Crippen LogP contribution in [0.4, 0.5) is 11.4 Å². The van der Waals surface area contributed by atoms with E-state index in [9.17, 15) is 14.4 Å². The molecule has 0 saturated carbocycles. The van der Waals surface area contributed by atoms with Crippen molar-refractivity contribution in [2.45, 2.75) is 27.2 Å². The number of rotatable bonds is 6. The van der Waals surface area contributed by atoms with Crippen molar-refractivity contribution in [1.82, 2.24) is 0 Å². The molecule has 1 atom stereocenters. The number of nitrogens with one attached hydrogen (secondary N) is 1. The van der Waals surface area contributed by atoms with Gasteiger partial charge in [0.05, 0.1) is 25.5 Å². The van der Waals surface area contributed by atoms with Gasteiger partial charge in [0.15, 0.2) is 0 Å². The van der Waals surface area contributed by atoms with Gasteiger partial charge in [-0.3, -0.25) is 4.79 Å². The van der Waals surface area contributed by atoms with Crippen LogP contribution in [0.25, 0.3) is 0 Å². The number of carbonyl (C=O) groups excluding carboxylic acids is 3. The van der Waals surface area contributed by atoms with Crippen LogP contribution in [0, 0.1) is 12.8 Å². The molecule has 1 heterocycles. The van der Waals surface area contributed by atoms with E-state index in [2.05, 4.69) is 5.32 Å². The standard InChI is InChI=1S/C22H26N2O5/c1-6-14(2)20(25)23-17-11-9-12-18(15(17)3)24-13-8-7-10-16(21(26)28-4)19(24)22(27)29-5/h7-14H,6H2,1-5H3,(H,23,25). The maximum absolute atomic E-state index is 12.6. The highest BCUT2D eigenvalue weighted by Gasteiger charge is 2.28. The summed E-state index contributed by atoms with van der Waals surface area (Å²) >= 11 is 0. The number of esters is 2. The Kier molecular flexibility index (Phi) is 7.36. The summed E-state index contributed by atoms with van der Waals surface area (Å²) < 4.78 is 9.75. The molecule has 0 aromatic heterocycles. The summed E-state index contributed by atoms with van der Waals surface area (Å²) in [5.74, 6) is -1.55. The first kappa shape index (κ1) is 21.9. The van der Waals surface area contributed by atoms with Gasteiger partial charge in [-0.15, -0.1) is 0 Å². The summed E-state index contributed by atoms with van der Waals surface area (Å²) in [6.07, 6.45) is 7.21. The number of carbonyl (C=O) groups is 3. The quantitative estimate of drug-likeness (QED) is 0.739. The minimum Gasteiger partial charge on any atom is -0.465 e. The molecule has 7 heteroatoms. The van der Waals surface area contributed by atoms with Crippen LogP contribution in [-0.2, 0) is 23.9 Å². The van der Waals surface area contributed by atoms with Gasteiger partial charge < -0.3 is 19.7 Å². The van der Waals surface area contributed by atoms with E-state index in [-0.39, 0.29) is 23.1 Å². The van der Waals surface area contributed by atoms with Gasteiger partial charge in [-0.2, -0.15) is 0 Å². The Labute approximate surface area is 170 Å². The van der Waals surface area contributed by atoms with Crippen molar-refractivity contribution >= 4 is 29.2 Å². The molecule has 0 fully saturated rings. The third-order valence-corrected chi connectivity index (χ3v) is 4.77. The third-order valence-electron chi connectivity index (χ3n) is 4.77. The molecule has 2 rings (SSSR count). The predicted octanol–water partition coefficient (Wildman–Crippen LogP) is 3.47. The van der Waals surface area contributed by atoms with Crippen LogP contribution in [0.15, 0.2) is 53.9 Å². The molecule has 0 spiro atoms. The van der Waals surface area contributed by atoms with Gasteiger partial charge in [-0.1, -0.05) is 26.0 Å². The Balaban J connectivity index is 2.59. The van der Waals surface area contributed by atoms with Crippen LogP contribution in [0.2, 0.25) is 0 Å². The summed E-state index contributed by atoms with van der Waals surface area (Å²) in [6.45, 7) is 5.64. The Bertz CT molecular complexity index is 898. The molecule has 1 amide bonds. The van der Waals surface area contributed by atoms with Gasteiger partial charge in [-0.25, -0.2) is 9.59 Å². The molecule has 1 aromatic carbocycles. The summed E-state index contributed by atoms with van der Waals surface area (Å²) in [7, 11) is 2.49. The number of methoxy groups -OCH3 is 2. The summed E-state index contributed by atoms with van der Waals surface area (Å²) in [4.78, 5) is 38.8. The lowest BCUT2D eigenvalue weighted by Gasteiger charge is -2.26. The van der Waals surface area contributed by atoms with E-state index >= 15 is 0 Å². The topological polar surface area (TPSA) is 84.9 Å². The Hall–Kier alpha value is -3.35. The molecule has 0 saturated heterocycles. The van der Waals surface area contributed by atoms with Gasteiger partial charge in [0, 0.05) is 17.8 Å². The van der Waals surface area contributed by atoms with Crippen molar-refractivity contribution in [3.8, 4) is 0 Å². The lowest BCUT2D eigenvalue weighted by molar-refractivity contribution is -0.139. The molecule has 0 aliphatic carbocycles. The van der Waals surface area contributed by atoms with E-state index in [0.717, 1.165) is 12.0 Å². The zero-order chi connectivity index (χ0) is 21.6. The maximum Gasteiger partial charge on any atom is 0.355 e. The van der Waals surface area contributed by atoms with E-state index in [1.54, 1.807) is 41.5 Å². The number of hydrogen-bond acceptors (Lipinski definition) is 6. The molecular weight excluding hydrogens is 372 g/mol. The first-order valence-electron chi connectivity index (χ1n) is 9.31. The fourth-order valence-corrected chi connectivity index (χ4v) is 2.81. The van der Waals surface area contributed by atoms with Crippen LogP contribution >= 0.6 is 0 Å². The molecule has 1 aliphatic heterocycles. The average Bonchev–Trinajstić information content (AvgIpc) is 2.96. The SMILES string of the molecule is CCC(C)C(=O)Nc1cccc(N2C=CC=CC(C(=O)OC)=C2C(=O)OC)c1C. The maximum atomic E-state index is 12.6. The molecule has 1 aromatic rings. The lowest BCUT2D eigenvalue weighted by atomic mass is 10.1.